The number of ether oxygens (including phenoxy) is 1. The number of hydrogen-bond donors (Lipinski definition) is 0. The normalized spacial score (nSPS) is 16.9. The van der Waals surface area contributed by atoms with Crippen LogP contribution < -0.4 is 4.74 Å². The summed E-state index contributed by atoms with van der Waals surface area (Å²) in [7, 11) is -0.887. The number of Topliss-reactive ketones (excluding diaryl/α,β-unsaturated/α-hetero) is 1. The van der Waals surface area contributed by atoms with Crippen molar-refractivity contribution >= 4 is 16.6 Å². The Morgan fingerprint density at radius 2 is 2.05 bits per heavy atom. The van der Waals surface area contributed by atoms with Crippen molar-refractivity contribution < 1.29 is 13.7 Å². The number of rotatable bonds is 7. The second-order valence-corrected chi connectivity index (χ2v) is 7.21. The zero-order valence-corrected chi connectivity index (χ0v) is 13.7. The van der Waals surface area contributed by atoms with E-state index in [1.807, 2.05) is 19.1 Å². The van der Waals surface area contributed by atoms with Crippen molar-refractivity contribution in [1.29, 1.82) is 0 Å². The third-order valence-electron chi connectivity index (χ3n) is 3.98. The lowest BCUT2D eigenvalue weighted by atomic mass is 10.1. The molecule has 1 fully saturated rings. The van der Waals surface area contributed by atoms with Crippen molar-refractivity contribution in [2.24, 2.45) is 5.92 Å². The van der Waals surface area contributed by atoms with Gasteiger partial charge in [0, 0.05) is 27.7 Å². The van der Waals surface area contributed by atoms with Gasteiger partial charge in [-0.3, -0.25) is 9.00 Å². The highest BCUT2D eigenvalue weighted by atomic mass is 32.2. The fourth-order valence-corrected chi connectivity index (χ4v) is 4.43. The van der Waals surface area contributed by atoms with Crippen LogP contribution in [0.5, 0.6) is 5.75 Å². The SMILES string of the molecule is CCOc1ccc(C(C)=O)cc1CS(=O)CC1CCCC1. The fraction of sp³-hybridized carbons (Fsp3) is 0.588. The van der Waals surface area contributed by atoms with Gasteiger partial charge in [0.2, 0.25) is 0 Å². The Hall–Kier alpha value is -1.16. The molecule has 2 rings (SSSR count). The van der Waals surface area contributed by atoms with Gasteiger partial charge >= 0.3 is 0 Å². The van der Waals surface area contributed by atoms with Gasteiger partial charge in [0.1, 0.15) is 5.75 Å². The maximum absolute atomic E-state index is 12.4. The highest BCUT2D eigenvalue weighted by Gasteiger charge is 2.19. The van der Waals surface area contributed by atoms with E-state index in [-0.39, 0.29) is 5.78 Å². The highest BCUT2D eigenvalue weighted by Crippen LogP contribution is 2.27. The van der Waals surface area contributed by atoms with Crippen molar-refractivity contribution in [1.82, 2.24) is 0 Å². The van der Waals surface area contributed by atoms with Gasteiger partial charge in [-0.1, -0.05) is 12.8 Å². The summed E-state index contributed by atoms with van der Waals surface area (Å²) in [6.07, 6.45) is 4.95. The van der Waals surface area contributed by atoms with E-state index in [2.05, 4.69) is 0 Å². The summed E-state index contributed by atoms with van der Waals surface area (Å²) in [5.41, 5.74) is 1.55. The molecular formula is C17H24O3S. The molecule has 0 heterocycles. The average molecular weight is 308 g/mol. The van der Waals surface area contributed by atoms with Gasteiger partial charge in [-0.15, -0.1) is 0 Å². The monoisotopic (exact) mass is 308 g/mol. The Morgan fingerprint density at radius 1 is 1.33 bits per heavy atom. The molecule has 0 saturated heterocycles. The Balaban J connectivity index is 2.09. The molecule has 1 aliphatic rings. The fourth-order valence-electron chi connectivity index (χ4n) is 2.88. The quantitative estimate of drug-likeness (QED) is 0.721. The van der Waals surface area contributed by atoms with Crippen LogP contribution in [0.4, 0.5) is 0 Å². The van der Waals surface area contributed by atoms with E-state index in [4.69, 9.17) is 4.74 Å². The third kappa shape index (κ3) is 4.67. The first-order valence-electron chi connectivity index (χ1n) is 7.71. The molecule has 0 aromatic heterocycles. The van der Waals surface area contributed by atoms with Gasteiger partial charge < -0.3 is 4.74 Å². The second kappa shape index (κ2) is 7.74. The number of ketones is 1. The molecule has 0 spiro atoms. The molecule has 116 valence electrons. The van der Waals surface area contributed by atoms with Crippen molar-refractivity contribution in [2.75, 3.05) is 12.4 Å². The zero-order valence-electron chi connectivity index (χ0n) is 12.9. The van der Waals surface area contributed by atoms with Gasteiger partial charge in [-0.25, -0.2) is 0 Å². The summed E-state index contributed by atoms with van der Waals surface area (Å²) in [6.45, 7) is 4.05. The standard InChI is InChI=1S/C17H24O3S/c1-3-20-17-9-8-15(13(2)18)10-16(17)12-21(19)11-14-6-4-5-7-14/h8-10,14H,3-7,11-12H2,1-2H3. The minimum absolute atomic E-state index is 0.0286. The van der Waals surface area contributed by atoms with Gasteiger partial charge in [-0.05, 0) is 50.8 Å². The second-order valence-electron chi connectivity index (χ2n) is 5.71. The van der Waals surface area contributed by atoms with E-state index in [1.165, 1.54) is 25.7 Å². The molecule has 0 aliphatic heterocycles. The van der Waals surface area contributed by atoms with Crippen LogP contribution in [-0.4, -0.2) is 22.4 Å². The number of carbonyl (C=O) groups excluding carboxylic acids is 1. The minimum Gasteiger partial charge on any atom is -0.494 e. The Labute approximate surface area is 129 Å². The predicted octanol–water partition coefficient (Wildman–Crippen LogP) is 3.73. The predicted molar refractivity (Wildman–Crippen MR) is 86.3 cm³/mol. The lowest BCUT2D eigenvalue weighted by Crippen LogP contribution is -2.11. The van der Waals surface area contributed by atoms with E-state index in [9.17, 15) is 9.00 Å². The van der Waals surface area contributed by atoms with E-state index >= 15 is 0 Å². The van der Waals surface area contributed by atoms with Crippen molar-refractivity contribution in [2.45, 2.75) is 45.3 Å². The summed E-state index contributed by atoms with van der Waals surface area (Å²) in [5, 5.41) is 0. The van der Waals surface area contributed by atoms with Gasteiger partial charge in [0.25, 0.3) is 0 Å². The van der Waals surface area contributed by atoms with Crippen LogP contribution in [0.3, 0.4) is 0 Å². The molecule has 1 aromatic rings. The number of hydrogen-bond acceptors (Lipinski definition) is 3. The molecule has 1 saturated carbocycles. The van der Waals surface area contributed by atoms with Crippen molar-refractivity contribution in [3.8, 4) is 5.75 Å². The Morgan fingerprint density at radius 3 is 2.67 bits per heavy atom. The van der Waals surface area contributed by atoms with Crippen LogP contribution >= 0.6 is 0 Å². The molecule has 1 unspecified atom stereocenters. The molecule has 1 aliphatic carbocycles. The van der Waals surface area contributed by atoms with E-state index in [1.54, 1.807) is 13.0 Å². The van der Waals surface area contributed by atoms with Crippen molar-refractivity contribution in [3.05, 3.63) is 29.3 Å². The van der Waals surface area contributed by atoms with Crippen LogP contribution in [0.25, 0.3) is 0 Å². The summed E-state index contributed by atoms with van der Waals surface area (Å²) < 4.78 is 18.0. The maximum Gasteiger partial charge on any atom is 0.159 e. The first kappa shape index (κ1) is 16.2. The van der Waals surface area contributed by atoms with E-state index in [0.717, 1.165) is 17.1 Å². The van der Waals surface area contributed by atoms with E-state index < -0.39 is 10.8 Å². The molecule has 1 atom stereocenters. The Bertz CT molecular complexity index is 519. The summed E-state index contributed by atoms with van der Waals surface area (Å²) >= 11 is 0. The largest absolute Gasteiger partial charge is 0.494 e. The van der Waals surface area contributed by atoms with Crippen molar-refractivity contribution in [3.63, 3.8) is 0 Å². The molecule has 21 heavy (non-hydrogen) atoms. The average Bonchev–Trinajstić information content (AvgIpc) is 2.93. The minimum atomic E-state index is -0.887. The van der Waals surface area contributed by atoms with Crippen LogP contribution in [0, 0.1) is 5.92 Å². The summed E-state index contributed by atoms with van der Waals surface area (Å²) in [5.74, 6) is 2.64. The number of carbonyl (C=O) groups is 1. The molecule has 1 aromatic carbocycles. The molecule has 3 nitrogen and oxygen atoms in total. The maximum atomic E-state index is 12.4. The van der Waals surface area contributed by atoms with E-state index in [0.29, 0.717) is 23.8 Å². The van der Waals surface area contributed by atoms with Crippen LogP contribution in [0.2, 0.25) is 0 Å². The summed E-state index contributed by atoms with van der Waals surface area (Å²) in [6, 6.07) is 5.43. The number of benzene rings is 1. The third-order valence-corrected chi connectivity index (χ3v) is 5.46. The molecule has 0 N–H and O–H groups in total. The zero-order chi connectivity index (χ0) is 15.2. The molecular weight excluding hydrogens is 284 g/mol. The van der Waals surface area contributed by atoms with Crippen LogP contribution in [-0.2, 0) is 16.6 Å². The molecule has 0 radical (unpaired) electrons. The smallest absolute Gasteiger partial charge is 0.159 e. The van der Waals surface area contributed by atoms with Crippen LogP contribution in [0.15, 0.2) is 18.2 Å². The van der Waals surface area contributed by atoms with Crippen LogP contribution in [0.1, 0.15) is 55.5 Å². The first-order chi connectivity index (χ1) is 10.1. The lowest BCUT2D eigenvalue weighted by molar-refractivity contribution is 0.101. The molecule has 4 heteroatoms. The summed E-state index contributed by atoms with van der Waals surface area (Å²) in [4.78, 5) is 11.5. The first-order valence-corrected chi connectivity index (χ1v) is 9.20. The lowest BCUT2D eigenvalue weighted by Gasteiger charge is -2.13. The topological polar surface area (TPSA) is 43.4 Å². The van der Waals surface area contributed by atoms with Gasteiger partial charge in [0.05, 0.1) is 12.4 Å². The highest BCUT2D eigenvalue weighted by molar-refractivity contribution is 7.84. The Kier molecular flexibility index (Phi) is 5.97. The van der Waals surface area contributed by atoms with Gasteiger partial charge in [-0.2, -0.15) is 0 Å². The molecule has 0 amide bonds. The van der Waals surface area contributed by atoms with Gasteiger partial charge in [0.15, 0.2) is 5.78 Å². The molecule has 0 bridgehead atoms.